The fourth-order valence-corrected chi connectivity index (χ4v) is 2.90. The number of pyridine rings is 2. The van der Waals surface area contributed by atoms with E-state index in [0.717, 1.165) is 37.8 Å². The summed E-state index contributed by atoms with van der Waals surface area (Å²) in [5.41, 5.74) is 0.623. The molecule has 0 spiro atoms. The molecule has 24 heavy (non-hydrogen) atoms. The number of anilines is 2. The van der Waals surface area contributed by atoms with Crippen LogP contribution < -0.4 is 15.1 Å². The van der Waals surface area contributed by atoms with E-state index in [1.807, 2.05) is 25.1 Å². The summed E-state index contributed by atoms with van der Waals surface area (Å²) in [6, 6.07) is 7.39. The Morgan fingerprint density at radius 1 is 1.17 bits per heavy atom. The van der Waals surface area contributed by atoms with Crippen LogP contribution in [0.4, 0.5) is 11.6 Å². The Balaban J connectivity index is 1.71. The van der Waals surface area contributed by atoms with Crippen molar-refractivity contribution >= 4 is 29.1 Å². The van der Waals surface area contributed by atoms with E-state index in [0.29, 0.717) is 17.1 Å². The Labute approximate surface area is 146 Å². The molecule has 126 valence electrons. The molecule has 0 atom stereocenters. The van der Waals surface area contributed by atoms with Crippen molar-refractivity contribution in [2.75, 3.05) is 42.5 Å². The fraction of sp³-hybridized carbons (Fsp3) is 0.353. The van der Waals surface area contributed by atoms with Crippen LogP contribution in [0.5, 0.6) is 0 Å². The lowest BCUT2D eigenvalue weighted by molar-refractivity contribution is 0.0956. The molecule has 1 aliphatic rings. The van der Waals surface area contributed by atoms with Gasteiger partial charge in [-0.05, 0) is 31.2 Å². The normalized spacial score (nSPS) is 14.6. The highest BCUT2D eigenvalue weighted by molar-refractivity contribution is 6.30. The molecule has 0 bridgehead atoms. The summed E-state index contributed by atoms with van der Waals surface area (Å²) in [6.45, 7) is 5.72. The van der Waals surface area contributed by atoms with E-state index >= 15 is 0 Å². The SMILES string of the molecule is CCNC(=O)c1cccnc1N1CCN(c2ccc(Cl)cn2)CC1. The minimum atomic E-state index is -0.0811. The summed E-state index contributed by atoms with van der Waals surface area (Å²) in [5, 5.41) is 3.48. The van der Waals surface area contributed by atoms with E-state index in [-0.39, 0.29) is 5.91 Å². The molecule has 3 heterocycles. The van der Waals surface area contributed by atoms with E-state index < -0.39 is 0 Å². The third-order valence-electron chi connectivity index (χ3n) is 3.98. The molecule has 2 aromatic heterocycles. The van der Waals surface area contributed by atoms with E-state index in [9.17, 15) is 4.79 Å². The third-order valence-corrected chi connectivity index (χ3v) is 4.21. The first-order valence-electron chi connectivity index (χ1n) is 8.03. The van der Waals surface area contributed by atoms with E-state index in [1.165, 1.54) is 0 Å². The predicted octanol–water partition coefficient (Wildman–Crippen LogP) is 2.21. The van der Waals surface area contributed by atoms with Gasteiger partial charge in [0.1, 0.15) is 11.6 Å². The van der Waals surface area contributed by atoms with Crippen molar-refractivity contribution in [1.82, 2.24) is 15.3 Å². The highest BCUT2D eigenvalue weighted by Crippen LogP contribution is 2.21. The first kappa shape index (κ1) is 16.5. The number of aromatic nitrogens is 2. The van der Waals surface area contributed by atoms with Crippen LogP contribution in [0.3, 0.4) is 0 Å². The Morgan fingerprint density at radius 3 is 2.58 bits per heavy atom. The largest absolute Gasteiger partial charge is 0.353 e. The first-order valence-corrected chi connectivity index (χ1v) is 8.41. The zero-order valence-corrected chi connectivity index (χ0v) is 14.3. The lowest BCUT2D eigenvalue weighted by Gasteiger charge is -2.36. The van der Waals surface area contributed by atoms with Crippen LogP contribution in [-0.4, -0.2) is 48.6 Å². The zero-order valence-electron chi connectivity index (χ0n) is 13.6. The molecule has 0 aromatic carbocycles. The number of hydrogen-bond donors (Lipinski definition) is 1. The van der Waals surface area contributed by atoms with Gasteiger partial charge in [0.05, 0.1) is 10.6 Å². The first-order chi connectivity index (χ1) is 11.7. The monoisotopic (exact) mass is 345 g/mol. The molecule has 1 amide bonds. The van der Waals surface area contributed by atoms with Crippen LogP contribution in [0.15, 0.2) is 36.7 Å². The quantitative estimate of drug-likeness (QED) is 0.920. The Hall–Kier alpha value is -2.34. The molecule has 0 aliphatic carbocycles. The molecule has 1 fully saturated rings. The van der Waals surface area contributed by atoms with Gasteiger partial charge in [-0.25, -0.2) is 9.97 Å². The standard InChI is InChI=1S/C17H20ClN5O/c1-2-19-17(24)14-4-3-7-20-16(14)23-10-8-22(9-11-23)15-6-5-13(18)12-21-15/h3-7,12H,2,8-11H2,1H3,(H,19,24). The highest BCUT2D eigenvalue weighted by Gasteiger charge is 2.22. The summed E-state index contributed by atoms with van der Waals surface area (Å²) >= 11 is 5.89. The number of carbonyl (C=O) groups is 1. The predicted molar refractivity (Wildman–Crippen MR) is 95.9 cm³/mol. The molecule has 2 aromatic rings. The second-order valence-electron chi connectivity index (χ2n) is 5.54. The topological polar surface area (TPSA) is 61.4 Å². The van der Waals surface area contributed by atoms with Gasteiger partial charge in [0.25, 0.3) is 5.91 Å². The van der Waals surface area contributed by atoms with Crippen LogP contribution in [0.25, 0.3) is 0 Å². The number of piperazine rings is 1. The summed E-state index contributed by atoms with van der Waals surface area (Å²) in [6.07, 6.45) is 3.39. The number of rotatable bonds is 4. The molecule has 0 saturated carbocycles. The van der Waals surface area contributed by atoms with Crippen molar-refractivity contribution in [3.05, 3.63) is 47.2 Å². The Morgan fingerprint density at radius 2 is 1.92 bits per heavy atom. The van der Waals surface area contributed by atoms with Gasteiger partial charge in [-0.15, -0.1) is 0 Å². The Kier molecular flexibility index (Phi) is 5.15. The number of nitrogens with one attached hydrogen (secondary N) is 1. The van der Waals surface area contributed by atoms with E-state index in [4.69, 9.17) is 11.6 Å². The average molecular weight is 346 g/mol. The van der Waals surface area contributed by atoms with Gasteiger partial charge in [0.15, 0.2) is 0 Å². The minimum absolute atomic E-state index is 0.0811. The molecule has 7 heteroatoms. The average Bonchev–Trinajstić information content (AvgIpc) is 2.63. The van der Waals surface area contributed by atoms with Crippen LogP contribution in [0.2, 0.25) is 5.02 Å². The van der Waals surface area contributed by atoms with Crippen molar-refractivity contribution in [1.29, 1.82) is 0 Å². The highest BCUT2D eigenvalue weighted by atomic mass is 35.5. The number of amides is 1. The van der Waals surface area contributed by atoms with Crippen LogP contribution in [-0.2, 0) is 0 Å². The fourth-order valence-electron chi connectivity index (χ4n) is 2.78. The lowest BCUT2D eigenvalue weighted by atomic mass is 10.2. The lowest BCUT2D eigenvalue weighted by Crippen LogP contribution is -2.47. The molecule has 1 saturated heterocycles. The second-order valence-corrected chi connectivity index (χ2v) is 5.98. The van der Waals surface area contributed by atoms with Crippen molar-refractivity contribution in [2.24, 2.45) is 0 Å². The Bertz CT molecular complexity index is 698. The van der Waals surface area contributed by atoms with Crippen molar-refractivity contribution < 1.29 is 4.79 Å². The molecule has 6 nitrogen and oxygen atoms in total. The number of halogens is 1. The molecule has 1 aliphatic heterocycles. The van der Waals surface area contributed by atoms with Crippen molar-refractivity contribution in [3.63, 3.8) is 0 Å². The van der Waals surface area contributed by atoms with Crippen LogP contribution >= 0.6 is 11.6 Å². The molecular weight excluding hydrogens is 326 g/mol. The third kappa shape index (κ3) is 3.59. The van der Waals surface area contributed by atoms with Gasteiger partial charge >= 0.3 is 0 Å². The summed E-state index contributed by atoms with van der Waals surface area (Å²) in [4.78, 5) is 25.4. The summed E-state index contributed by atoms with van der Waals surface area (Å²) in [5.74, 6) is 1.58. The number of hydrogen-bond acceptors (Lipinski definition) is 5. The zero-order chi connectivity index (χ0) is 16.9. The van der Waals surface area contributed by atoms with Crippen molar-refractivity contribution in [3.8, 4) is 0 Å². The van der Waals surface area contributed by atoms with Crippen molar-refractivity contribution in [2.45, 2.75) is 6.92 Å². The van der Waals surface area contributed by atoms with Crippen LogP contribution in [0, 0.1) is 0 Å². The van der Waals surface area contributed by atoms with Gasteiger partial charge in [0.2, 0.25) is 0 Å². The van der Waals surface area contributed by atoms with E-state index in [1.54, 1.807) is 18.5 Å². The maximum atomic E-state index is 12.2. The molecule has 1 N–H and O–H groups in total. The smallest absolute Gasteiger partial charge is 0.255 e. The summed E-state index contributed by atoms with van der Waals surface area (Å²) in [7, 11) is 0. The molecule has 3 rings (SSSR count). The number of nitrogens with zero attached hydrogens (tertiary/aromatic N) is 4. The molecular formula is C17H20ClN5O. The van der Waals surface area contributed by atoms with Gasteiger partial charge in [-0.2, -0.15) is 0 Å². The molecule has 0 radical (unpaired) electrons. The van der Waals surface area contributed by atoms with Gasteiger partial charge in [-0.3, -0.25) is 4.79 Å². The van der Waals surface area contributed by atoms with Gasteiger partial charge in [-0.1, -0.05) is 11.6 Å². The van der Waals surface area contributed by atoms with Crippen LogP contribution in [0.1, 0.15) is 17.3 Å². The minimum Gasteiger partial charge on any atom is -0.353 e. The number of carbonyl (C=O) groups excluding carboxylic acids is 1. The van der Waals surface area contributed by atoms with Gasteiger partial charge in [0, 0.05) is 45.1 Å². The van der Waals surface area contributed by atoms with Gasteiger partial charge < -0.3 is 15.1 Å². The molecule has 0 unspecified atom stereocenters. The van der Waals surface area contributed by atoms with E-state index in [2.05, 4.69) is 25.1 Å². The summed E-state index contributed by atoms with van der Waals surface area (Å²) < 4.78 is 0. The maximum Gasteiger partial charge on any atom is 0.255 e. The second kappa shape index (κ2) is 7.49. The maximum absolute atomic E-state index is 12.2.